The molecule has 0 bridgehead atoms. The van der Waals surface area contributed by atoms with Crippen LogP contribution in [-0.4, -0.2) is 42.1 Å². The van der Waals surface area contributed by atoms with E-state index in [2.05, 4.69) is 15.6 Å². The number of hydrogen-bond acceptors (Lipinski definition) is 7. The highest BCUT2D eigenvalue weighted by molar-refractivity contribution is 6.06. The minimum absolute atomic E-state index is 0.0195. The number of amides is 2. The Morgan fingerprint density at radius 2 is 1.67 bits per heavy atom. The number of benzene rings is 3. The molecule has 0 saturated carbocycles. The van der Waals surface area contributed by atoms with Gasteiger partial charge < -0.3 is 25.8 Å². The molecule has 0 spiro atoms. The van der Waals surface area contributed by atoms with Crippen molar-refractivity contribution >= 4 is 29.2 Å². The number of nitrogens with two attached hydrogens (primary N) is 1. The van der Waals surface area contributed by atoms with Crippen molar-refractivity contribution in [3.63, 3.8) is 0 Å². The molecule has 0 radical (unpaired) electrons. The maximum absolute atomic E-state index is 14.0. The number of nitrogens with one attached hydrogen (secondary N) is 2. The SMILES string of the molecule is NCc1ccc(C(=O)Nc2ccncc2F)cc1-c1cccc(C(=O)Nc2ccc(CC(=O)OC3CCOCC3)cc2)c1. The third-order valence-electron chi connectivity index (χ3n) is 7.08. The average molecular weight is 583 g/mol. The summed E-state index contributed by atoms with van der Waals surface area (Å²) in [4.78, 5) is 42.0. The monoisotopic (exact) mass is 582 g/mol. The zero-order chi connectivity index (χ0) is 30.2. The number of nitrogens with zero attached hydrogens (tertiary/aromatic N) is 1. The molecule has 1 fully saturated rings. The normalized spacial score (nSPS) is 13.3. The molecule has 0 unspecified atom stereocenters. The van der Waals surface area contributed by atoms with Gasteiger partial charge in [-0.1, -0.05) is 30.3 Å². The van der Waals surface area contributed by atoms with Gasteiger partial charge in [0.2, 0.25) is 0 Å². The Morgan fingerprint density at radius 3 is 2.42 bits per heavy atom. The standard InChI is InChI=1S/C33H31FN4O5/c34-29-20-36-13-10-30(29)38-33(41)24-6-7-25(19-35)28(18-24)22-2-1-3-23(17-22)32(40)37-26-8-4-21(5-9-26)16-31(39)43-27-11-14-42-15-12-27/h1-10,13,17-18,20,27H,11-12,14-16,19,35H2,(H,37,40)(H,36,38,41). The number of carbonyl (C=O) groups excluding carboxylic acids is 3. The van der Waals surface area contributed by atoms with Crippen LogP contribution in [0.25, 0.3) is 11.1 Å². The summed E-state index contributed by atoms with van der Waals surface area (Å²) in [6.07, 6.45) is 3.87. The molecule has 0 aliphatic carbocycles. The van der Waals surface area contributed by atoms with E-state index < -0.39 is 11.7 Å². The third kappa shape index (κ3) is 7.68. The molecule has 2 heterocycles. The minimum Gasteiger partial charge on any atom is -0.462 e. The largest absolute Gasteiger partial charge is 0.462 e. The number of rotatable bonds is 9. The van der Waals surface area contributed by atoms with Crippen LogP contribution in [0.5, 0.6) is 0 Å². The van der Waals surface area contributed by atoms with E-state index in [0.29, 0.717) is 54.0 Å². The fourth-order valence-corrected chi connectivity index (χ4v) is 4.76. The molecule has 10 heteroatoms. The third-order valence-corrected chi connectivity index (χ3v) is 7.08. The van der Waals surface area contributed by atoms with E-state index in [9.17, 15) is 18.8 Å². The van der Waals surface area contributed by atoms with E-state index in [0.717, 1.165) is 17.3 Å². The minimum atomic E-state index is -0.643. The molecule has 3 aromatic carbocycles. The van der Waals surface area contributed by atoms with Gasteiger partial charge in [-0.05, 0) is 64.7 Å². The van der Waals surface area contributed by atoms with Crippen LogP contribution in [0, 0.1) is 5.82 Å². The van der Waals surface area contributed by atoms with Crippen LogP contribution in [0.15, 0.2) is 85.2 Å². The number of anilines is 2. The van der Waals surface area contributed by atoms with E-state index in [1.54, 1.807) is 60.7 Å². The Bertz CT molecular complexity index is 1620. The fourth-order valence-electron chi connectivity index (χ4n) is 4.76. The predicted molar refractivity (Wildman–Crippen MR) is 160 cm³/mol. The van der Waals surface area contributed by atoms with Gasteiger partial charge in [0.1, 0.15) is 6.10 Å². The first-order valence-corrected chi connectivity index (χ1v) is 13.9. The molecule has 1 aliphatic rings. The topological polar surface area (TPSA) is 133 Å². The highest BCUT2D eigenvalue weighted by atomic mass is 19.1. The second-order valence-electron chi connectivity index (χ2n) is 10.1. The lowest BCUT2D eigenvalue weighted by atomic mass is 9.95. The van der Waals surface area contributed by atoms with E-state index in [4.69, 9.17) is 15.2 Å². The van der Waals surface area contributed by atoms with Gasteiger partial charge in [-0.15, -0.1) is 0 Å². The molecule has 2 amide bonds. The first kappa shape index (κ1) is 29.6. The van der Waals surface area contributed by atoms with Gasteiger partial charge in [0.15, 0.2) is 5.82 Å². The number of halogens is 1. The summed E-state index contributed by atoms with van der Waals surface area (Å²) in [5, 5.41) is 5.43. The lowest BCUT2D eigenvalue weighted by molar-refractivity contribution is -0.152. The number of aromatic nitrogens is 1. The van der Waals surface area contributed by atoms with Gasteiger partial charge >= 0.3 is 5.97 Å². The number of carbonyl (C=O) groups is 3. The van der Waals surface area contributed by atoms with Crippen molar-refractivity contribution in [2.24, 2.45) is 5.73 Å². The molecule has 1 aromatic heterocycles. The maximum atomic E-state index is 14.0. The van der Waals surface area contributed by atoms with Crippen molar-refractivity contribution in [1.29, 1.82) is 0 Å². The summed E-state index contributed by atoms with van der Waals surface area (Å²) in [5.41, 5.74) is 10.2. The van der Waals surface area contributed by atoms with Crippen molar-refractivity contribution < 1.29 is 28.2 Å². The Kier molecular flexibility index (Phi) is 9.50. The Balaban J connectivity index is 1.26. The Hall–Kier alpha value is -4.93. The van der Waals surface area contributed by atoms with Crippen LogP contribution < -0.4 is 16.4 Å². The lowest BCUT2D eigenvalue weighted by Crippen LogP contribution is -2.26. The number of pyridine rings is 1. The summed E-state index contributed by atoms with van der Waals surface area (Å²) in [5.74, 6) is -1.76. The summed E-state index contributed by atoms with van der Waals surface area (Å²) in [6.45, 7) is 1.41. The van der Waals surface area contributed by atoms with Crippen molar-refractivity contribution in [2.45, 2.75) is 31.9 Å². The number of ether oxygens (including phenoxy) is 2. The summed E-state index contributed by atoms with van der Waals surface area (Å²) in [6, 6.07) is 20.4. The summed E-state index contributed by atoms with van der Waals surface area (Å²) >= 11 is 0. The first-order chi connectivity index (χ1) is 20.9. The van der Waals surface area contributed by atoms with E-state index in [1.165, 1.54) is 12.3 Å². The average Bonchev–Trinajstić information content (AvgIpc) is 3.03. The summed E-state index contributed by atoms with van der Waals surface area (Å²) in [7, 11) is 0. The molecule has 4 aromatic rings. The Morgan fingerprint density at radius 1 is 0.930 bits per heavy atom. The Labute approximate surface area is 248 Å². The summed E-state index contributed by atoms with van der Waals surface area (Å²) < 4.78 is 24.8. The predicted octanol–water partition coefficient (Wildman–Crippen LogP) is 5.12. The van der Waals surface area contributed by atoms with Crippen LogP contribution in [0.2, 0.25) is 0 Å². The van der Waals surface area contributed by atoms with Gasteiger partial charge in [-0.2, -0.15) is 0 Å². The highest BCUT2D eigenvalue weighted by Gasteiger charge is 2.19. The first-order valence-electron chi connectivity index (χ1n) is 13.9. The molecule has 1 aliphatic heterocycles. The molecular formula is C33H31FN4O5. The maximum Gasteiger partial charge on any atom is 0.310 e. The highest BCUT2D eigenvalue weighted by Crippen LogP contribution is 2.27. The van der Waals surface area contributed by atoms with Crippen LogP contribution in [0.1, 0.15) is 44.7 Å². The van der Waals surface area contributed by atoms with Gasteiger partial charge in [0.25, 0.3) is 11.8 Å². The number of esters is 1. The van der Waals surface area contributed by atoms with Crippen molar-refractivity contribution in [1.82, 2.24) is 4.98 Å². The van der Waals surface area contributed by atoms with E-state index in [-0.39, 0.29) is 36.6 Å². The van der Waals surface area contributed by atoms with Crippen molar-refractivity contribution in [2.75, 3.05) is 23.8 Å². The van der Waals surface area contributed by atoms with Crippen molar-refractivity contribution in [3.8, 4) is 11.1 Å². The van der Waals surface area contributed by atoms with Gasteiger partial charge in [-0.25, -0.2) is 4.39 Å². The smallest absolute Gasteiger partial charge is 0.310 e. The fraction of sp³-hybridized carbons (Fsp3) is 0.212. The van der Waals surface area contributed by atoms with Crippen LogP contribution in [0.3, 0.4) is 0 Å². The molecular weight excluding hydrogens is 551 g/mol. The molecule has 0 atom stereocenters. The molecule has 5 rings (SSSR count). The van der Waals surface area contributed by atoms with Crippen LogP contribution in [-0.2, 0) is 27.2 Å². The van der Waals surface area contributed by atoms with E-state index >= 15 is 0 Å². The van der Waals surface area contributed by atoms with Crippen molar-refractivity contribution in [3.05, 3.63) is 113 Å². The van der Waals surface area contributed by atoms with Gasteiger partial charge in [0, 0.05) is 42.4 Å². The quantitative estimate of drug-likeness (QED) is 0.234. The molecule has 4 N–H and O–H groups in total. The molecule has 1 saturated heterocycles. The molecule has 43 heavy (non-hydrogen) atoms. The zero-order valence-electron chi connectivity index (χ0n) is 23.3. The van der Waals surface area contributed by atoms with Gasteiger partial charge in [0.05, 0.1) is 31.5 Å². The van der Waals surface area contributed by atoms with E-state index in [1.807, 2.05) is 6.07 Å². The lowest BCUT2D eigenvalue weighted by Gasteiger charge is -2.22. The van der Waals surface area contributed by atoms with Crippen LogP contribution in [0.4, 0.5) is 15.8 Å². The molecule has 220 valence electrons. The van der Waals surface area contributed by atoms with Crippen LogP contribution >= 0.6 is 0 Å². The second kappa shape index (κ2) is 13.8. The second-order valence-corrected chi connectivity index (χ2v) is 10.1. The molecule has 9 nitrogen and oxygen atoms in total. The van der Waals surface area contributed by atoms with Gasteiger partial charge in [-0.3, -0.25) is 19.4 Å². The number of hydrogen-bond donors (Lipinski definition) is 3. The zero-order valence-corrected chi connectivity index (χ0v) is 23.3.